The number of imide groups is 1. The number of rotatable bonds is 8. The van der Waals surface area contributed by atoms with E-state index in [2.05, 4.69) is 28.7 Å². The Hall–Kier alpha value is -2.57. The van der Waals surface area contributed by atoms with Gasteiger partial charge in [0, 0.05) is 24.5 Å². The molecule has 6 nitrogen and oxygen atoms in total. The maximum atomic E-state index is 13.2. The lowest BCUT2D eigenvalue weighted by atomic mass is 9.89. The van der Waals surface area contributed by atoms with Crippen molar-refractivity contribution in [1.29, 1.82) is 0 Å². The third-order valence-corrected chi connectivity index (χ3v) is 5.29. The van der Waals surface area contributed by atoms with Gasteiger partial charge in [0.2, 0.25) is 5.91 Å². The minimum atomic E-state index is -0.616. The molecule has 1 aliphatic rings. The third-order valence-electron chi connectivity index (χ3n) is 5.07. The monoisotopic (exact) mass is 412 g/mol. The van der Waals surface area contributed by atoms with Crippen LogP contribution in [0.4, 0.5) is 5.82 Å². The maximum Gasteiger partial charge on any atom is 0.266 e. The fourth-order valence-corrected chi connectivity index (χ4v) is 3.53. The number of aromatic nitrogens is 1. The Morgan fingerprint density at radius 2 is 1.93 bits per heavy atom. The van der Waals surface area contributed by atoms with Gasteiger partial charge < -0.3 is 4.90 Å². The van der Waals surface area contributed by atoms with Crippen LogP contribution in [0.5, 0.6) is 0 Å². The summed E-state index contributed by atoms with van der Waals surface area (Å²) in [6.45, 7) is 7.91. The van der Waals surface area contributed by atoms with Gasteiger partial charge in [0.1, 0.15) is 5.82 Å². The third kappa shape index (κ3) is 4.71. The molecule has 2 aromatic rings. The summed E-state index contributed by atoms with van der Waals surface area (Å²) in [6, 6.07) is 10.3. The van der Waals surface area contributed by atoms with Crippen molar-refractivity contribution in [3.05, 3.63) is 58.7 Å². The minimum absolute atomic E-state index is 0.263. The zero-order valence-corrected chi connectivity index (χ0v) is 17.5. The zero-order valence-electron chi connectivity index (χ0n) is 16.7. The smallest absolute Gasteiger partial charge is 0.266 e. The van der Waals surface area contributed by atoms with Crippen LogP contribution in [0.3, 0.4) is 0 Å². The molecule has 0 fully saturated rings. The van der Waals surface area contributed by atoms with Crippen molar-refractivity contribution in [1.82, 2.24) is 9.88 Å². The highest BCUT2D eigenvalue weighted by atomic mass is 35.5. The lowest BCUT2D eigenvalue weighted by Crippen LogP contribution is -2.46. The molecule has 1 atom stereocenters. The van der Waals surface area contributed by atoms with Gasteiger partial charge in [-0.2, -0.15) is 0 Å². The van der Waals surface area contributed by atoms with Crippen LogP contribution in [-0.2, 0) is 4.79 Å². The Bertz CT molecular complexity index is 894. The van der Waals surface area contributed by atoms with Gasteiger partial charge in [-0.3, -0.25) is 14.6 Å². The Kier molecular flexibility index (Phi) is 7.12. The lowest BCUT2D eigenvalue weighted by molar-refractivity contribution is -0.118. The fourth-order valence-electron chi connectivity index (χ4n) is 3.42. The SMILES string of the molecule is CCN(CC)CCCN=CC1C(=O)N(c2ccc(Cl)cn2)C(=O)c2ccccc21. The van der Waals surface area contributed by atoms with Crippen molar-refractivity contribution in [2.75, 3.05) is 31.1 Å². The molecule has 0 bridgehead atoms. The number of aliphatic imine (C=N–C) groups is 1. The number of amides is 2. The van der Waals surface area contributed by atoms with Crippen LogP contribution in [0.2, 0.25) is 5.02 Å². The molecule has 0 spiro atoms. The summed E-state index contributed by atoms with van der Waals surface area (Å²) >= 11 is 5.90. The standard InChI is InChI=1S/C22H25ClN4O2/c1-3-26(4-2)13-7-12-24-15-19-17-8-5-6-9-18(17)21(28)27(22(19)29)20-11-10-16(23)14-25-20/h5-6,8-11,14-15,19H,3-4,7,12-13H2,1-2H3. The summed E-state index contributed by atoms with van der Waals surface area (Å²) in [6.07, 6.45) is 4.01. The number of benzene rings is 1. The molecule has 29 heavy (non-hydrogen) atoms. The molecule has 3 rings (SSSR count). The topological polar surface area (TPSA) is 65.9 Å². The van der Waals surface area contributed by atoms with E-state index in [9.17, 15) is 9.59 Å². The Morgan fingerprint density at radius 1 is 1.17 bits per heavy atom. The van der Waals surface area contributed by atoms with Crippen LogP contribution in [0.15, 0.2) is 47.6 Å². The maximum absolute atomic E-state index is 13.2. The van der Waals surface area contributed by atoms with Gasteiger partial charge in [0.05, 0.1) is 10.9 Å². The molecule has 0 saturated heterocycles. The molecular formula is C22H25ClN4O2. The van der Waals surface area contributed by atoms with Crippen molar-refractivity contribution in [3.8, 4) is 0 Å². The average Bonchev–Trinajstić information content (AvgIpc) is 2.74. The highest BCUT2D eigenvalue weighted by Crippen LogP contribution is 2.31. The van der Waals surface area contributed by atoms with E-state index in [0.717, 1.165) is 31.0 Å². The number of halogens is 1. The molecule has 2 heterocycles. The number of anilines is 1. The van der Waals surface area contributed by atoms with E-state index in [-0.39, 0.29) is 17.6 Å². The summed E-state index contributed by atoms with van der Waals surface area (Å²) in [5.74, 6) is -1.09. The van der Waals surface area contributed by atoms with Gasteiger partial charge in [0.25, 0.3) is 5.91 Å². The van der Waals surface area contributed by atoms with Crippen LogP contribution in [-0.4, -0.2) is 54.1 Å². The molecule has 0 radical (unpaired) electrons. The largest absolute Gasteiger partial charge is 0.304 e. The van der Waals surface area contributed by atoms with Gasteiger partial charge in [-0.15, -0.1) is 0 Å². The quantitative estimate of drug-likeness (QED) is 0.375. The molecule has 152 valence electrons. The van der Waals surface area contributed by atoms with E-state index < -0.39 is 5.92 Å². The first-order valence-corrected chi connectivity index (χ1v) is 10.3. The number of hydrogen-bond donors (Lipinski definition) is 0. The van der Waals surface area contributed by atoms with Crippen LogP contribution in [0.1, 0.15) is 42.1 Å². The molecule has 0 N–H and O–H groups in total. The normalized spacial score (nSPS) is 16.7. The molecule has 0 aliphatic carbocycles. The highest BCUT2D eigenvalue weighted by molar-refractivity contribution is 6.31. The summed E-state index contributed by atoms with van der Waals surface area (Å²) in [5.41, 5.74) is 1.17. The highest BCUT2D eigenvalue weighted by Gasteiger charge is 2.39. The molecule has 0 saturated carbocycles. The number of carbonyl (C=O) groups excluding carboxylic acids is 2. The first-order chi connectivity index (χ1) is 14.1. The second-order valence-corrected chi connectivity index (χ2v) is 7.25. The number of pyridine rings is 1. The average molecular weight is 413 g/mol. The summed E-state index contributed by atoms with van der Waals surface area (Å²) in [5, 5.41) is 0.442. The van der Waals surface area contributed by atoms with Crippen LogP contribution in [0, 0.1) is 0 Å². The van der Waals surface area contributed by atoms with E-state index in [4.69, 9.17) is 11.6 Å². The second-order valence-electron chi connectivity index (χ2n) is 6.81. The summed E-state index contributed by atoms with van der Waals surface area (Å²) in [7, 11) is 0. The number of hydrogen-bond acceptors (Lipinski definition) is 5. The zero-order chi connectivity index (χ0) is 20.8. The fraction of sp³-hybridized carbons (Fsp3) is 0.364. The van der Waals surface area contributed by atoms with Crippen LogP contribution < -0.4 is 4.90 Å². The molecule has 1 aromatic carbocycles. The van der Waals surface area contributed by atoms with Gasteiger partial charge in [-0.1, -0.05) is 43.6 Å². The van der Waals surface area contributed by atoms with Gasteiger partial charge in [-0.05, 0) is 49.8 Å². The van der Waals surface area contributed by atoms with Crippen LogP contribution >= 0.6 is 11.6 Å². The molecule has 1 aliphatic heterocycles. The Balaban J connectivity index is 1.83. The van der Waals surface area contributed by atoms with Crippen molar-refractivity contribution < 1.29 is 9.59 Å². The van der Waals surface area contributed by atoms with Crippen molar-refractivity contribution in [2.24, 2.45) is 4.99 Å². The molecule has 2 amide bonds. The van der Waals surface area contributed by atoms with E-state index in [0.29, 0.717) is 22.7 Å². The molecule has 7 heteroatoms. The molecular weight excluding hydrogens is 388 g/mol. The van der Waals surface area contributed by atoms with Crippen LogP contribution in [0.25, 0.3) is 0 Å². The predicted octanol–water partition coefficient (Wildman–Crippen LogP) is 3.81. The first kappa shape index (κ1) is 21.1. The van der Waals surface area contributed by atoms with Gasteiger partial charge in [-0.25, -0.2) is 9.88 Å². The van der Waals surface area contributed by atoms with E-state index >= 15 is 0 Å². The first-order valence-electron chi connectivity index (χ1n) is 9.87. The molecule has 1 unspecified atom stereocenters. The predicted molar refractivity (Wildman–Crippen MR) is 116 cm³/mol. The van der Waals surface area contributed by atoms with Gasteiger partial charge >= 0.3 is 0 Å². The van der Waals surface area contributed by atoms with Crippen molar-refractivity contribution in [2.45, 2.75) is 26.2 Å². The van der Waals surface area contributed by atoms with E-state index in [1.54, 1.807) is 30.5 Å². The Morgan fingerprint density at radius 3 is 2.62 bits per heavy atom. The number of carbonyl (C=O) groups is 2. The minimum Gasteiger partial charge on any atom is -0.304 e. The van der Waals surface area contributed by atoms with E-state index in [1.165, 1.54) is 6.20 Å². The lowest BCUT2D eigenvalue weighted by Gasteiger charge is -2.30. The van der Waals surface area contributed by atoms with Crippen molar-refractivity contribution in [3.63, 3.8) is 0 Å². The second kappa shape index (κ2) is 9.76. The number of fused-ring (bicyclic) bond motifs is 1. The number of nitrogens with zero attached hydrogens (tertiary/aromatic N) is 4. The molecule has 1 aromatic heterocycles. The Labute approximate surface area is 176 Å². The van der Waals surface area contributed by atoms with Crippen molar-refractivity contribution >= 4 is 35.4 Å². The van der Waals surface area contributed by atoms with Gasteiger partial charge in [0.15, 0.2) is 0 Å². The van der Waals surface area contributed by atoms with E-state index in [1.807, 2.05) is 12.1 Å². The summed E-state index contributed by atoms with van der Waals surface area (Å²) < 4.78 is 0. The summed E-state index contributed by atoms with van der Waals surface area (Å²) in [4.78, 5) is 38.3.